The van der Waals surface area contributed by atoms with E-state index in [4.69, 9.17) is 4.99 Å². The SMILES string of the molecule is CCNC(=NCc1ccc(CN2CCN(CC)CC2)cc1)NC1CCC(SC)C1. The molecule has 0 bridgehead atoms. The number of hydrogen-bond donors (Lipinski definition) is 2. The third-order valence-electron chi connectivity index (χ3n) is 6.16. The maximum absolute atomic E-state index is 4.83. The number of nitrogens with one attached hydrogen (secondary N) is 2. The van der Waals surface area contributed by atoms with E-state index in [1.54, 1.807) is 0 Å². The van der Waals surface area contributed by atoms with Crippen LogP contribution in [0.15, 0.2) is 29.3 Å². The number of benzene rings is 1. The minimum Gasteiger partial charge on any atom is -0.357 e. The van der Waals surface area contributed by atoms with Gasteiger partial charge in [-0.25, -0.2) is 4.99 Å². The average Bonchev–Trinajstić information content (AvgIpc) is 3.21. The molecular formula is C23H39N5S. The predicted molar refractivity (Wildman–Crippen MR) is 127 cm³/mol. The summed E-state index contributed by atoms with van der Waals surface area (Å²) in [6.07, 6.45) is 6.03. The van der Waals surface area contributed by atoms with Gasteiger partial charge in [-0.2, -0.15) is 11.8 Å². The third kappa shape index (κ3) is 7.19. The molecule has 1 aliphatic heterocycles. The molecule has 1 saturated heterocycles. The van der Waals surface area contributed by atoms with Gasteiger partial charge in [0.05, 0.1) is 6.54 Å². The Bertz CT molecular complexity index is 625. The highest BCUT2D eigenvalue weighted by molar-refractivity contribution is 7.99. The van der Waals surface area contributed by atoms with Crippen LogP contribution in [0.1, 0.15) is 44.2 Å². The van der Waals surface area contributed by atoms with Gasteiger partial charge < -0.3 is 15.5 Å². The standard InChI is InChI=1S/C23H39N5S/c1-4-24-23(26-21-10-11-22(16-21)29-3)25-17-19-6-8-20(9-7-19)18-28-14-12-27(5-2)13-15-28/h6-9,21-22H,4-5,10-18H2,1-3H3,(H2,24,25,26). The van der Waals surface area contributed by atoms with Crippen LogP contribution in [0.2, 0.25) is 0 Å². The van der Waals surface area contributed by atoms with Crippen molar-refractivity contribution in [3.63, 3.8) is 0 Å². The first-order valence-electron chi connectivity index (χ1n) is 11.3. The molecule has 1 saturated carbocycles. The Labute approximate surface area is 181 Å². The molecule has 162 valence electrons. The first-order chi connectivity index (χ1) is 14.2. The summed E-state index contributed by atoms with van der Waals surface area (Å²) in [5.74, 6) is 0.956. The first-order valence-corrected chi connectivity index (χ1v) is 12.6. The minimum atomic E-state index is 0.556. The third-order valence-corrected chi connectivity index (χ3v) is 7.26. The smallest absolute Gasteiger partial charge is 0.191 e. The molecule has 0 aromatic heterocycles. The van der Waals surface area contributed by atoms with Crippen LogP contribution in [-0.2, 0) is 13.1 Å². The summed E-state index contributed by atoms with van der Waals surface area (Å²) in [5.41, 5.74) is 2.68. The van der Waals surface area contributed by atoms with E-state index >= 15 is 0 Å². The summed E-state index contributed by atoms with van der Waals surface area (Å²) in [4.78, 5) is 9.93. The van der Waals surface area contributed by atoms with Crippen molar-refractivity contribution in [1.82, 2.24) is 20.4 Å². The van der Waals surface area contributed by atoms with Crippen LogP contribution >= 0.6 is 11.8 Å². The normalized spacial score (nSPS) is 24.0. The fourth-order valence-corrected chi connectivity index (χ4v) is 5.04. The maximum atomic E-state index is 4.83. The summed E-state index contributed by atoms with van der Waals surface area (Å²) < 4.78 is 0. The van der Waals surface area contributed by atoms with Crippen molar-refractivity contribution in [3.8, 4) is 0 Å². The molecule has 5 nitrogen and oxygen atoms in total. The number of aliphatic imine (C=N–C) groups is 1. The highest BCUT2D eigenvalue weighted by Crippen LogP contribution is 2.28. The van der Waals surface area contributed by atoms with Crippen molar-refractivity contribution in [2.45, 2.75) is 57.5 Å². The van der Waals surface area contributed by atoms with Gasteiger partial charge in [-0.05, 0) is 50.1 Å². The van der Waals surface area contributed by atoms with Gasteiger partial charge in [-0.15, -0.1) is 0 Å². The summed E-state index contributed by atoms with van der Waals surface area (Å²) >= 11 is 2.00. The lowest BCUT2D eigenvalue weighted by atomic mass is 10.1. The summed E-state index contributed by atoms with van der Waals surface area (Å²) in [7, 11) is 0. The molecule has 2 unspecified atom stereocenters. The van der Waals surface area contributed by atoms with Crippen LogP contribution in [0.3, 0.4) is 0 Å². The Kier molecular flexibility index (Phi) is 9.15. The number of piperazine rings is 1. The minimum absolute atomic E-state index is 0.556. The van der Waals surface area contributed by atoms with Crippen LogP contribution in [0.5, 0.6) is 0 Å². The van der Waals surface area contributed by atoms with Crippen molar-refractivity contribution in [3.05, 3.63) is 35.4 Å². The molecule has 29 heavy (non-hydrogen) atoms. The molecular weight excluding hydrogens is 378 g/mol. The van der Waals surface area contributed by atoms with Crippen molar-refractivity contribution in [2.24, 2.45) is 4.99 Å². The van der Waals surface area contributed by atoms with Gasteiger partial charge >= 0.3 is 0 Å². The number of nitrogens with zero attached hydrogens (tertiary/aromatic N) is 3. The summed E-state index contributed by atoms with van der Waals surface area (Å²) in [6, 6.07) is 9.59. The first kappa shape index (κ1) is 22.4. The van der Waals surface area contributed by atoms with Crippen LogP contribution in [-0.4, -0.2) is 72.6 Å². The highest BCUT2D eigenvalue weighted by atomic mass is 32.2. The topological polar surface area (TPSA) is 42.9 Å². The molecule has 2 fully saturated rings. The molecule has 0 spiro atoms. The molecule has 3 rings (SSSR count). The molecule has 6 heteroatoms. The van der Waals surface area contributed by atoms with E-state index in [1.807, 2.05) is 11.8 Å². The van der Waals surface area contributed by atoms with Gasteiger partial charge in [-0.3, -0.25) is 4.90 Å². The summed E-state index contributed by atoms with van der Waals surface area (Å²) in [5, 5.41) is 7.85. The monoisotopic (exact) mass is 417 g/mol. The van der Waals surface area contributed by atoms with Gasteiger partial charge in [0, 0.05) is 50.6 Å². The van der Waals surface area contributed by atoms with Gasteiger partial charge in [0.15, 0.2) is 5.96 Å². The number of guanidine groups is 1. The highest BCUT2D eigenvalue weighted by Gasteiger charge is 2.24. The largest absolute Gasteiger partial charge is 0.357 e. The van der Waals surface area contributed by atoms with Crippen molar-refractivity contribution in [1.29, 1.82) is 0 Å². The van der Waals surface area contributed by atoms with E-state index in [2.05, 4.69) is 64.8 Å². The number of rotatable bonds is 8. The molecule has 1 aromatic rings. The molecule has 0 amide bonds. The van der Waals surface area contributed by atoms with E-state index in [9.17, 15) is 0 Å². The molecule has 0 radical (unpaired) electrons. The Morgan fingerprint density at radius 3 is 2.34 bits per heavy atom. The second kappa shape index (κ2) is 11.8. The Balaban J connectivity index is 1.48. The van der Waals surface area contributed by atoms with Crippen molar-refractivity contribution < 1.29 is 0 Å². The Morgan fingerprint density at radius 1 is 1.03 bits per heavy atom. The van der Waals surface area contributed by atoms with Crippen LogP contribution < -0.4 is 10.6 Å². The van der Waals surface area contributed by atoms with E-state index in [1.165, 1.54) is 63.1 Å². The fourth-order valence-electron chi connectivity index (χ4n) is 4.24. The second-order valence-electron chi connectivity index (χ2n) is 8.23. The fraction of sp³-hybridized carbons (Fsp3) is 0.696. The maximum Gasteiger partial charge on any atom is 0.191 e. The second-order valence-corrected chi connectivity index (χ2v) is 9.37. The zero-order chi connectivity index (χ0) is 20.5. The lowest BCUT2D eigenvalue weighted by Gasteiger charge is -2.34. The molecule has 2 aliphatic rings. The molecule has 1 aliphatic carbocycles. The van der Waals surface area contributed by atoms with E-state index in [0.29, 0.717) is 6.04 Å². The Hall–Kier alpha value is -1.24. The van der Waals surface area contributed by atoms with Gasteiger partial charge in [-0.1, -0.05) is 31.2 Å². The number of thioether (sulfide) groups is 1. The molecule has 1 aromatic carbocycles. The van der Waals surface area contributed by atoms with Crippen LogP contribution in [0.25, 0.3) is 0 Å². The van der Waals surface area contributed by atoms with E-state index in [-0.39, 0.29) is 0 Å². The zero-order valence-corrected chi connectivity index (χ0v) is 19.3. The lowest BCUT2D eigenvalue weighted by molar-refractivity contribution is 0.132. The van der Waals surface area contributed by atoms with Crippen molar-refractivity contribution in [2.75, 3.05) is 45.5 Å². The van der Waals surface area contributed by atoms with Crippen LogP contribution in [0.4, 0.5) is 0 Å². The Morgan fingerprint density at radius 2 is 1.72 bits per heavy atom. The molecule has 2 N–H and O–H groups in total. The van der Waals surface area contributed by atoms with Gasteiger partial charge in [0.1, 0.15) is 0 Å². The van der Waals surface area contributed by atoms with Crippen molar-refractivity contribution >= 4 is 17.7 Å². The van der Waals surface area contributed by atoms with Gasteiger partial charge in [0.2, 0.25) is 0 Å². The summed E-state index contributed by atoms with van der Waals surface area (Å²) in [6.45, 7) is 13.0. The van der Waals surface area contributed by atoms with E-state index < -0.39 is 0 Å². The van der Waals surface area contributed by atoms with Crippen LogP contribution in [0, 0.1) is 0 Å². The quantitative estimate of drug-likeness (QED) is 0.502. The van der Waals surface area contributed by atoms with E-state index in [0.717, 1.165) is 30.8 Å². The lowest BCUT2D eigenvalue weighted by Crippen LogP contribution is -2.45. The molecule has 2 atom stereocenters. The number of hydrogen-bond acceptors (Lipinski definition) is 4. The molecule has 1 heterocycles. The predicted octanol–water partition coefficient (Wildman–Crippen LogP) is 3.16. The van der Waals surface area contributed by atoms with Gasteiger partial charge in [0.25, 0.3) is 0 Å². The zero-order valence-electron chi connectivity index (χ0n) is 18.5. The average molecular weight is 418 g/mol. The number of likely N-dealkylation sites (N-methyl/N-ethyl adjacent to an activating group) is 1.